The van der Waals surface area contributed by atoms with E-state index >= 15 is 0 Å². The molecule has 0 radical (unpaired) electrons. The molecule has 0 unspecified atom stereocenters. The van der Waals surface area contributed by atoms with Gasteiger partial charge in [0.1, 0.15) is 0 Å². The maximum atomic E-state index is 12.2. The van der Waals surface area contributed by atoms with E-state index in [0.717, 1.165) is 27.4 Å². The zero-order valence-electron chi connectivity index (χ0n) is 13.5. The van der Waals surface area contributed by atoms with Gasteiger partial charge in [-0.15, -0.1) is 0 Å². The Bertz CT molecular complexity index is 1110. The molecule has 4 heteroatoms. The summed E-state index contributed by atoms with van der Waals surface area (Å²) in [5, 5.41) is 3.33. The highest BCUT2D eigenvalue weighted by molar-refractivity contribution is 6.32. The fraction of sp³-hybridized carbons (Fsp3) is 0.0476. The summed E-state index contributed by atoms with van der Waals surface area (Å²) in [4.78, 5) is 17.1. The quantitative estimate of drug-likeness (QED) is 0.355. The second-order valence-corrected chi connectivity index (χ2v) is 6.15. The second kappa shape index (κ2) is 6.19. The highest BCUT2D eigenvalue weighted by Gasteiger charge is 2.17. The van der Waals surface area contributed by atoms with Gasteiger partial charge in [0.15, 0.2) is 0 Å². The van der Waals surface area contributed by atoms with E-state index in [4.69, 9.17) is 21.3 Å². The third kappa shape index (κ3) is 2.63. The van der Waals surface area contributed by atoms with E-state index < -0.39 is 5.97 Å². The maximum absolute atomic E-state index is 12.2. The Kier molecular flexibility index (Phi) is 3.86. The second-order valence-electron chi connectivity index (χ2n) is 5.71. The van der Waals surface area contributed by atoms with Crippen LogP contribution in [0.1, 0.15) is 10.4 Å². The van der Waals surface area contributed by atoms with E-state index in [1.54, 1.807) is 6.07 Å². The first-order valence-electron chi connectivity index (χ1n) is 7.85. The Labute approximate surface area is 149 Å². The van der Waals surface area contributed by atoms with Crippen molar-refractivity contribution in [3.8, 4) is 11.3 Å². The zero-order chi connectivity index (χ0) is 17.4. The summed E-state index contributed by atoms with van der Waals surface area (Å²) in [7, 11) is 1.36. The number of halogens is 1. The molecule has 1 heterocycles. The summed E-state index contributed by atoms with van der Waals surface area (Å²) in [6.45, 7) is 0. The topological polar surface area (TPSA) is 39.2 Å². The molecule has 3 aromatic carbocycles. The number of fused-ring (bicyclic) bond motifs is 3. The van der Waals surface area contributed by atoms with Crippen LogP contribution >= 0.6 is 11.6 Å². The van der Waals surface area contributed by atoms with Crippen molar-refractivity contribution in [2.75, 3.05) is 7.11 Å². The number of hydrogen-bond acceptors (Lipinski definition) is 3. The first kappa shape index (κ1) is 15.6. The van der Waals surface area contributed by atoms with Crippen LogP contribution in [-0.4, -0.2) is 18.1 Å². The third-order valence-electron chi connectivity index (χ3n) is 4.22. The van der Waals surface area contributed by atoms with Crippen molar-refractivity contribution in [2.24, 2.45) is 0 Å². The number of rotatable bonds is 2. The first-order chi connectivity index (χ1) is 12.2. The molecule has 0 bridgehead atoms. The van der Waals surface area contributed by atoms with Crippen molar-refractivity contribution in [2.45, 2.75) is 0 Å². The summed E-state index contributed by atoms with van der Waals surface area (Å²) in [6, 6.07) is 21.4. The monoisotopic (exact) mass is 347 g/mol. The zero-order valence-corrected chi connectivity index (χ0v) is 14.2. The molecule has 1 aromatic heterocycles. The molecule has 25 heavy (non-hydrogen) atoms. The molecule has 0 aliphatic heterocycles. The van der Waals surface area contributed by atoms with Gasteiger partial charge in [0.25, 0.3) is 0 Å². The van der Waals surface area contributed by atoms with Gasteiger partial charge in [-0.3, -0.25) is 0 Å². The van der Waals surface area contributed by atoms with Crippen molar-refractivity contribution in [1.82, 2.24) is 4.98 Å². The molecular weight excluding hydrogens is 334 g/mol. The summed E-state index contributed by atoms with van der Waals surface area (Å²) < 4.78 is 4.92. The van der Waals surface area contributed by atoms with Crippen LogP contribution < -0.4 is 0 Å². The molecule has 0 amide bonds. The van der Waals surface area contributed by atoms with E-state index in [-0.39, 0.29) is 0 Å². The van der Waals surface area contributed by atoms with E-state index in [1.807, 2.05) is 60.7 Å². The standard InChI is InChI=1S/C21H14ClNO2/c1-25-21(24)18-12-14(22)11-17-15-9-5-6-10-16(15)19(23-20(17)18)13-7-3-2-4-8-13/h2-12H,1H3. The van der Waals surface area contributed by atoms with Crippen LogP contribution in [-0.2, 0) is 4.74 Å². The van der Waals surface area contributed by atoms with Crippen LogP contribution in [0.4, 0.5) is 0 Å². The van der Waals surface area contributed by atoms with Gasteiger partial charge in [-0.05, 0) is 17.5 Å². The fourth-order valence-corrected chi connectivity index (χ4v) is 3.32. The Hall–Kier alpha value is -2.91. The van der Waals surface area contributed by atoms with Crippen molar-refractivity contribution in [3.05, 3.63) is 77.3 Å². The SMILES string of the molecule is COC(=O)c1cc(Cl)cc2c1nc(-c1ccccc1)c1ccccc12. The Morgan fingerprint density at radius 3 is 2.32 bits per heavy atom. The number of esters is 1. The normalized spacial score (nSPS) is 11.0. The van der Waals surface area contributed by atoms with Crippen LogP contribution in [0.3, 0.4) is 0 Å². The molecule has 0 aliphatic carbocycles. The summed E-state index contributed by atoms with van der Waals surface area (Å²) in [5.41, 5.74) is 2.78. The lowest BCUT2D eigenvalue weighted by atomic mass is 9.98. The van der Waals surface area contributed by atoms with Gasteiger partial charge in [-0.2, -0.15) is 0 Å². The molecule has 4 aromatic rings. The van der Waals surface area contributed by atoms with Crippen molar-refractivity contribution in [1.29, 1.82) is 0 Å². The smallest absolute Gasteiger partial charge is 0.340 e. The fourth-order valence-electron chi connectivity index (χ4n) is 3.10. The molecule has 4 rings (SSSR count). The summed E-state index contributed by atoms with van der Waals surface area (Å²) in [6.07, 6.45) is 0. The minimum Gasteiger partial charge on any atom is -0.465 e. The van der Waals surface area contributed by atoms with Gasteiger partial charge in [-0.1, -0.05) is 66.2 Å². The predicted octanol–water partition coefficient (Wildman–Crippen LogP) is 5.50. The number of carbonyl (C=O) groups excluding carboxylic acids is 1. The van der Waals surface area contributed by atoms with Gasteiger partial charge in [0, 0.05) is 21.4 Å². The highest BCUT2D eigenvalue weighted by Crippen LogP contribution is 2.35. The van der Waals surface area contributed by atoms with E-state index in [9.17, 15) is 4.79 Å². The van der Waals surface area contributed by atoms with Gasteiger partial charge >= 0.3 is 5.97 Å². The number of carbonyl (C=O) groups is 1. The number of methoxy groups -OCH3 is 1. The largest absolute Gasteiger partial charge is 0.465 e. The van der Waals surface area contributed by atoms with E-state index in [0.29, 0.717) is 16.1 Å². The van der Waals surface area contributed by atoms with Gasteiger partial charge in [0.2, 0.25) is 0 Å². The molecule has 0 atom stereocenters. The summed E-state index contributed by atoms with van der Waals surface area (Å²) >= 11 is 6.25. The number of ether oxygens (including phenoxy) is 1. The lowest BCUT2D eigenvalue weighted by molar-refractivity contribution is 0.0603. The molecule has 0 saturated carbocycles. The first-order valence-corrected chi connectivity index (χ1v) is 8.22. The number of hydrogen-bond donors (Lipinski definition) is 0. The molecule has 0 N–H and O–H groups in total. The number of aromatic nitrogens is 1. The average molecular weight is 348 g/mol. The molecule has 0 aliphatic rings. The van der Waals surface area contributed by atoms with Crippen LogP contribution in [0.2, 0.25) is 5.02 Å². The minimum absolute atomic E-state index is 0.368. The molecule has 3 nitrogen and oxygen atoms in total. The van der Waals surface area contributed by atoms with E-state index in [2.05, 4.69) is 0 Å². The van der Waals surface area contributed by atoms with Gasteiger partial charge in [0.05, 0.1) is 23.9 Å². The molecular formula is C21H14ClNO2. The van der Waals surface area contributed by atoms with Crippen LogP contribution in [0.25, 0.3) is 32.9 Å². The highest BCUT2D eigenvalue weighted by atomic mass is 35.5. The number of benzene rings is 3. The predicted molar refractivity (Wildman–Crippen MR) is 101 cm³/mol. The molecule has 0 spiro atoms. The lowest BCUT2D eigenvalue weighted by Gasteiger charge is -2.12. The minimum atomic E-state index is -0.450. The third-order valence-corrected chi connectivity index (χ3v) is 4.44. The molecule has 0 fully saturated rings. The number of pyridine rings is 1. The van der Waals surface area contributed by atoms with Crippen LogP contribution in [0.15, 0.2) is 66.7 Å². The van der Waals surface area contributed by atoms with Crippen molar-refractivity contribution < 1.29 is 9.53 Å². The lowest BCUT2D eigenvalue weighted by Crippen LogP contribution is -2.04. The maximum Gasteiger partial charge on any atom is 0.340 e. The van der Waals surface area contributed by atoms with Crippen LogP contribution in [0.5, 0.6) is 0 Å². The Balaban J connectivity index is 2.19. The molecule has 0 saturated heterocycles. The Morgan fingerprint density at radius 2 is 1.60 bits per heavy atom. The van der Waals surface area contributed by atoms with Crippen LogP contribution in [0, 0.1) is 0 Å². The summed E-state index contributed by atoms with van der Waals surface area (Å²) in [5.74, 6) is -0.450. The van der Waals surface area contributed by atoms with E-state index in [1.165, 1.54) is 7.11 Å². The van der Waals surface area contributed by atoms with Gasteiger partial charge in [-0.25, -0.2) is 9.78 Å². The van der Waals surface area contributed by atoms with Crippen molar-refractivity contribution >= 4 is 39.2 Å². The van der Waals surface area contributed by atoms with Crippen molar-refractivity contribution in [3.63, 3.8) is 0 Å². The molecule has 122 valence electrons. The Morgan fingerprint density at radius 1 is 0.920 bits per heavy atom. The average Bonchev–Trinajstić information content (AvgIpc) is 2.67. The number of nitrogens with zero attached hydrogens (tertiary/aromatic N) is 1. The van der Waals surface area contributed by atoms with Gasteiger partial charge < -0.3 is 4.74 Å².